The molecule has 1 fully saturated rings. The zero-order valence-electron chi connectivity index (χ0n) is 14.0. The highest BCUT2D eigenvalue weighted by atomic mass is 16.4. The highest BCUT2D eigenvalue weighted by Crippen LogP contribution is 2.40. The van der Waals surface area contributed by atoms with E-state index in [0.717, 1.165) is 36.7 Å². The van der Waals surface area contributed by atoms with Crippen LogP contribution in [0.15, 0.2) is 41.6 Å². The number of aromatic nitrogens is 4. The maximum Gasteiger partial charge on any atom is 0.360 e. The Labute approximate surface area is 148 Å². The summed E-state index contributed by atoms with van der Waals surface area (Å²) in [6.45, 7) is 0.349. The van der Waals surface area contributed by atoms with Gasteiger partial charge in [-0.2, -0.15) is 5.10 Å². The van der Waals surface area contributed by atoms with Crippen LogP contribution in [0.25, 0.3) is 11.0 Å². The Balaban J connectivity index is 1.82. The minimum absolute atomic E-state index is 0.333. The number of hydrogen-bond acceptors (Lipinski definition) is 5. The SMILES string of the molecule is O=C(O)c1nn(CC2(n3ccc4cccnc43)CCCC2)cc(O)c1=O. The van der Waals surface area contributed by atoms with Crippen LogP contribution in [-0.4, -0.2) is 35.5 Å². The predicted octanol–water partition coefficient (Wildman–Crippen LogP) is 1.97. The molecule has 26 heavy (non-hydrogen) atoms. The van der Waals surface area contributed by atoms with Gasteiger partial charge < -0.3 is 14.8 Å². The molecule has 0 amide bonds. The molecule has 3 aromatic heterocycles. The number of rotatable bonds is 4. The van der Waals surface area contributed by atoms with E-state index >= 15 is 0 Å². The number of aromatic carboxylic acids is 1. The van der Waals surface area contributed by atoms with Gasteiger partial charge in [0.1, 0.15) is 5.65 Å². The van der Waals surface area contributed by atoms with Gasteiger partial charge in [0.15, 0.2) is 5.75 Å². The Bertz CT molecular complexity index is 1050. The smallest absolute Gasteiger partial charge is 0.360 e. The lowest BCUT2D eigenvalue weighted by molar-refractivity contribution is 0.0683. The fourth-order valence-electron chi connectivity index (χ4n) is 3.90. The molecule has 0 aromatic carbocycles. The predicted molar refractivity (Wildman–Crippen MR) is 93.3 cm³/mol. The first-order chi connectivity index (χ1) is 12.5. The molecule has 1 aliphatic carbocycles. The van der Waals surface area contributed by atoms with E-state index in [0.29, 0.717) is 6.54 Å². The van der Waals surface area contributed by atoms with Crippen molar-refractivity contribution in [3.05, 3.63) is 52.7 Å². The molecule has 1 saturated carbocycles. The second-order valence-corrected chi connectivity index (χ2v) is 6.73. The van der Waals surface area contributed by atoms with Crippen molar-refractivity contribution in [3.63, 3.8) is 0 Å². The summed E-state index contributed by atoms with van der Waals surface area (Å²) in [5.74, 6) is -2.06. The molecule has 0 atom stereocenters. The average molecular weight is 354 g/mol. The molecule has 0 spiro atoms. The average Bonchev–Trinajstić information content (AvgIpc) is 3.25. The number of carbonyl (C=O) groups is 1. The molecule has 0 unspecified atom stereocenters. The van der Waals surface area contributed by atoms with Gasteiger partial charge in [0.25, 0.3) is 5.43 Å². The van der Waals surface area contributed by atoms with E-state index in [1.165, 1.54) is 10.9 Å². The fraction of sp³-hybridized carbons (Fsp3) is 0.333. The topological polar surface area (TPSA) is 110 Å². The van der Waals surface area contributed by atoms with E-state index in [4.69, 9.17) is 5.11 Å². The van der Waals surface area contributed by atoms with E-state index in [9.17, 15) is 14.7 Å². The first-order valence-electron chi connectivity index (χ1n) is 8.47. The fourth-order valence-corrected chi connectivity index (χ4v) is 3.90. The van der Waals surface area contributed by atoms with Gasteiger partial charge in [-0.15, -0.1) is 0 Å². The van der Waals surface area contributed by atoms with E-state index < -0.39 is 22.8 Å². The maximum atomic E-state index is 11.8. The number of hydrogen-bond donors (Lipinski definition) is 2. The standard InChI is InChI=1S/C18H18N4O4/c23-13-10-21(20-14(15(13)24)17(25)26)11-18(6-1-2-7-18)22-9-5-12-4-3-8-19-16(12)22/h3-5,8-10,23H,1-2,6-7,11H2,(H,25,26). The van der Waals surface area contributed by atoms with Crippen molar-refractivity contribution in [1.82, 2.24) is 19.3 Å². The van der Waals surface area contributed by atoms with Crippen LogP contribution < -0.4 is 5.43 Å². The normalized spacial score (nSPS) is 16.2. The van der Waals surface area contributed by atoms with Gasteiger partial charge in [-0.1, -0.05) is 12.8 Å². The van der Waals surface area contributed by atoms with E-state index in [1.54, 1.807) is 6.20 Å². The highest BCUT2D eigenvalue weighted by Gasteiger charge is 2.37. The van der Waals surface area contributed by atoms with Crippen molar-refractivity contribution in [2.24, 2.45) is 0 Å². The van der Waals surface area contributed by atoms with Crippen molar-refractivity contribution in [2.75, 3.05) is 0 Å². The van der Waals surface area contributed by atoms with Crippen molar-refractivity contribution in [3.8, 4) is 5.75 Å². The van der Waals surface area contributed by atoms with Crippen LogP contribution in [0.1, 0.15) is 36.2 Å². The Morgan fingerprint density at radius 3 is 2.77 bits per heavy atom. The Kier molecular flexibility index (Phi) is 3.75. The van der Waals surface area contributed by atoms with Gasteiger partial charge in [-0.25, -0.2) is 9.78 Å². The van der Waals surface area contributed by atoms with Crippen LogP contribution in [0.3, 0.4) is 0 Å². The second kappa shape index (κ2) is 5.98. The quantitative estimate of drug-likeness (QED) is 0.741. The molecule has 0 bridgehead atoms. The summed E-state index contributed by atoms with van der Waals surface area (Å²) in [6, 6.07) is 5.88. The lowest BCUT2D eigenvalue weighted by atomic mass is 9.97. The minimum Gasteiger partial charge on any atom is -0.503 e. The molecule has 8 nitrogen and oxygen atoms in total. The molecule has 134 valence electrons. The van der Waals surface area contributed by atoms with Crippen LogP contribution >= 0.6 is 0 Å². The number of carboxylic acids is 1. The highest BCUT2D eigenvalue weighted by molar-refractivity contribution is 5.85. The molecule has 0 saturated heterocycles. The third-order valence-electron chi connectivity index (χ3n) is 5.10. The summed E-state index contributed by atoms with van der Waals surface area (Å²) in [4.78, 5) is 27.5. The zero-order valence-corrected chi connectivity index (χ0v) is 14.0. The van der Waals surface area contributed by atoms with Gasteiger partial charge in [-0.3, -0.25) is 9.48 Å². The molecule has 4 rings (SSSR count). The van der Waals surface area contributed by atoms with Gasteiger partial charge in [0.05, 0.1) is 18.3 Å². The lowest BCUT2D eigenvalue weighted by Crippen LogP contribution is -2.36. The van der Waals surface area contributed by atoms with E-state index in [1.807, 2.05) is 24.4 Å². The van der Waals surface area contributed by atoms with Gasteiger partial charge in [0, 0.05) is 17.8 Å². The van der Waals surface area contributed by atoms with Gasteiger partial charge in [0.2, 0.25) is 5.69 Å². The van der Waals surface area contributed by atoms with Gasteiger partial charge in [-0.05, 0) is 31.0 Å². The van der Waals surface area contributed by atoms with E-state index in [-0.39, 0.29) is 5.54 Å². The summed E-state index contributed by atoms with van der Waals surface area (Å²) in [6.07, 6.45) is 8.76. The number of aromatic hydroxyl groups is 1. The second-order valence-electron chi connectivity index (χ2n) is 6.73. The van der Waals surface area contributed by atoms with Crippen LogP contribution in [-0.2, 0) is 12.1 Å². The third-order valence-corrected chi connectivity index (χ3v) is 5.10. The molecule has 8 heteroatoms. The number of carboxylic acid groups (broad SMARTS) is 1. The number of fused-ring (bicyclic) bond motifs is 1. The van der Waals surface area contributed by atoms with Crippen LogP contribution in [0.4, 0.5) is 0 Å². The van der Waals surface area contributed by atoms with Crippen LogP contribution in [0.5, 0.6) is 5.75 Å². The van der Waals surface area contributed by atoms with Gasteiger partial charge >= 0.3 is 5.97 Å². The Morgan fingerprint density at radius 2 is 2.04 bits per heavy atom. The molecule has 0 aliphatic heterocycles. The molecule has 2 N–H and O–H groups in total. The summed E-state index contributed by atoms with van der Waals surface area (Å²) >= 11 is 0. The Hall–Kier alpha value is -3.16. The minimum atomic E-state index is -1.45. The van der Waals surface area contributed by atoms with Crippen LogP contribution in [0.2, 0.25) is 0 Å². The van der Waals surface area contributed by atoms with Crippen molar-refractivity contribution < 1.29 is 15.0 Å². The number of nitrogens with zero attached hydrogens (tertiary/aromatic N) is 4. The summed E-state index contributed by atoms with van der Waals surface area (Å²) in [7, 11) is 0. The maximum absolute atomic E-state index is 11.8. The van der Waals surface area contributed by atoms with E-state index in [2.05, 4.69) is 14.6 Å². The molecule has 3 aromatic rings. The Morgan fingerprint density at radius 1 is 1.27 bits per heavy atom. The lowest BCUT2D eigenvalue weighted by Gasteiger charge is -2.32. The number of pyridine rings is 1. The summed E-state index contributed by atoms with van der Waals surface area (Å²) in [5.41, 5.74) is -1.12. The van der Waals surface area contributed by atoms with Crippen molar-refractivity contribution >= 4 is 17.0 Å². The molecule has 1 aliphatic rings. The van der Waals surface area contributed by atoms with Crippen molar-refractivity contribution in [1.29, 1.82) is 0 Å². The summed E-state index contributed by atoms with van der Waals surface area (Å²) < 4.78 is 3.48. The molecule has 3 heterocycles. The molecular weight excluding hydrogens is 336 g/mol. The largest absolute Gasteiger partial charge is 0.503 e. The monoisotopic (exact) mass is 354 g/mol. The summed E-state index contributed by atoms with van der Waals surface area (Å²) in [5, 5.41) is 24.0. The van der Waals surface area contributed by atoms with Crippen molar-refractivity contribution in [2.45, 2.75) is 37.8 Å². The first kappa shape index (κ1) is 16.3. The first-order valence-corrected chi connectivity index (χ1v) is 8.47. The third kappa shape index (κ3) is 2.54. The van der Waals surface area contributed by atoms with Crippen LogP contribution in [0, 0.1) is 0 Å². The molecular formula is C18H18N4O4. The zero-order chi connectivity index (χ0) is 18.3. The molecule has 0 radical (unpaired) electrons.